The smallest absolute Gasteiger partial charge is 0.338 e. The van der Waals surface area contributed by atoms with Gasteiger partial charge in [-0.2, -0.15) is 0 Å². The summed E-state index contributed by atoms with van der Waals surface area (Å²) in [4.78, 5) is 11.4. The van der Waals surface area contributed by atoms with Gasteiger partial charge in [0.15, 0.2) is 0 Å². The van der Waals surface area contributed by atoms with Gasteiger partial charge in [-0.1, -0.05) is 30.3 Å². The molecule has 0 radical (unpaired) electrons. The molecule has 0 aliphatic carbocycles. The average molecular weight is 225 g/mol. The summed E-state index contributed by atoms with van der Waals surface area (Å²) >= 11 is 5.69. The number of carbonyl (C=O) groups excluding carboxylic acids is 1. The number of carbonyl (C=O) groups is 1. The van der Waals surface area contributed by atoms with Crippen molar-refractivity contribution in [3.8, 4) is 0 Å². The molecule has 1 rings (SSSR count). The maximum Gasteiger partial charge on any atom is 0.338 e. The molecule has 0 heterocycles. The van der Waals surface area contributed by atoms with Crippen molar-refractivity contribution in [3.05, 3.63) is 47.0 Å². The van der Waals surface area contributed by atoms with E-state index in [2.05, 4.69) is 6.58 Å². The van der Waals surface area contributed by atoms with Gasteiger partial charge in [0.2, 0.25) is 0 Å². The second-order valence-corrected chi connectivity index (χ2v) is 3.65. The van der Waals surface area contributed by atoms with Crippen molar-refractivity contribution in [2.24, 2.45) is 0 Å². The molecule has 0 spiro atoms. The quantitative estimate of drug-likeness (QED) is 0.735. The normalized spacial score (nSPS) is 9.73. The number of hydrogen-bond acceptors (Lipinski definition) is 2. The first-order chi connectivity index (χ1) is 7.13. The highest BCUT2D eigenvalue weighted by molar-refractivity contribution is 6.29. The molecule has 2 nitrogen and oxygen atoms in total. The summed E-state index contributed by atoms with van der Waals surface area (Å²) in [6.45, 7) is 5.77. The third-order valence-electron chi connectivity index (χ3n) is 1.83. The summed E-state index contributed by atoms with van der Waals surface area (Å²) in [7, 11) is 0. The molecular weight excluding hydrogens is 212 g/mol. The van der Waals surface area contributed by atoms with Crippen molar-refractivity contribution in [2.75, 3.05) is 6.61 Å². The second-order valence-electron chi connectivity index (χ2n) is 3.11. The molecule has 0 aromatic heterocycles. The first kappa shape index (κ1) is 11.8. The van der Waals surface area contributed by atoms with E-state index >= 15 is 0 Å². The highest BCUT2D eigenvalue weighted by Crippen LogP contribution is 2.12. The van der Waals surface area contributed by atoms with Crippen molar-refractivity contribution >= 4 is 17.6 Å². The summed E-state index contributed by atoms with van der Waals surface area (Å²) in [6.07, 6.45) is 0.564. The van der Waals surface area contributed by atoms with Crippen LogP contribution in [0.3, 0.4) is 0 Å². The molecule has 0 fully saturated rings. The third-order valence-corrected chi connectivity index (χ3v) is 1.97. The average Bonchev–Trinajstić information content (AvgIpc) is 2.17. The monoisotopic (exact) mass is 224 g/mol. The molecule has 0 saturated heterocycles. The molecule has 0 atom stereocenters. The Morgan fingerprint density at radius 1 is 1.53 bits per heavy atom. The van der Waals surface area contributed by atoms with Crippen LogP contribution in [0.1, 0.15) is 22.8 Å². The van der Waals surface area contributed by atoms with Gasteiger partial charge in [0.1, 0.15) is 0 Å². The van der Waals surface area contributed by atoms with Gasteiger partial charge in [-0.3, -0.25) is 0 Å². The molecule has 3 heteroatoms. The lowest BCUT2D eigenvalue weighted by Crippen LogP contribution is -2.04. The van der Waals surface area contributed by atoms with Gasteiger partial charge in [0.05, 0.1) is 12.2 Å². The number of halogens is 1. The van der Waals surface area contributed by atoms with Crippen LogP contribution in [-0.4, -0.2) is 12.6 Å². The van der Waals surface area contributed by atoms with E-state index < -0.39 is 0 Å². The van der Waals surface area contributed by atoms with Crippen LogP contribution in [0.25, 0.3) is 0 Å². The van der Waals surface area contributed by atoms with E-state index in [1.165, 1.54) is 0 Å². The fraction of sp³-hybridized carbons (Fsp3) is 0.250. The van der Waals surface area contributed by atoms with Gasteiger partial charge in [-0.15, -0.1) is 0 Å². The summed E-state index contributed by atoms with van der Waals surface area (Å²) in [5.41, 5.74) is 1.51. The van der Waals surface area contributed by atoms with E-state index in [0.717, 1.165) is 5.56 Å². The number of esters is 1. The minimum atomic E-state index is -0.306. The number of benzene rings is 1. The highest BCUT2D eigenvalue weighted by Gasteiger charge is 2.06. The van der Waals surface area contributed by atoms with Crippen molar-refractivity contribution in [2.45, 2.75) is 13.3 Å². The predicted molar refractivity (Wildman–Crippen MR) is 61.1 cm³/mol. The van der Waals surface area contributed by atoms with Crippen LogP contribution in [-0.2, 0) is 11.2 Å². The number of allylic oxidation sites excluding steroid dienone is 1. The van der Waals surface area contributed by atoms with Crippen LogP contribution < -0.4 is 0 Å². The Morgan fingerprint density at radius 3 is 2.87 bits per heavy atom. The van der Waals surface area contributed by atoms with Crippen molar-refractivity contribution in [1.82, 2.24) is 0 Å². The van der Waals surface area contributed by atoms with Crippen molar-refractivity contribution < 1.29 is 9.53 Å². The van der Waals surface area contributed by atoms with E-state index in [1.807, 2.05) is 6.07 Å². The third kappa shape index (κ3) is 3.76. The van der Waals surface area contributed by atoms with Gasteiger partial charge < -0.3 is 4.74 Å². The van der Waals surface area contributed by atoms with Gasteiger partial charge in [-0.05, 0) is 24.6 Å². The zero-order chi connectivity index (χ0) is 11.3. The Bertz CT molecular complexity index is 372. The van der Waals surface area contributed by atoms with E-state index in [-0.39, 0.29) is 5.97 Å². The summed E-state index contributed by atoms with van der Waals surface area (Å²) in [5.74, 6) is -0.306. The Hall–Kier alpha value is -1.28. The SMILES string of the molecule is C=C(Cl)Cc1cccc(C(=O)OCC)c1. The van der Waals surface area contributed by atoms with E-state index in [9.17, 15) is 4.79 Å². The predicted octanol–water partition coefficient (Wildman–Crippen LogP) is 3.16. The zero-order valence-corrected chi connectivity index (χ0v) is 9.38. The largest absolute Gasteiger partial charge is 0.462 e. The number of ether oxygens (including phenoxy) is 1. The summed E-state index contributed by atoms with van der Waals surface area (Å²) in [6, 6.07) is 7.20. The zero-order valence-electron chi connectivity index (χ0n) is 8.63. The highest BCUT2D eigenvalue weighted by atomic mass is 35.5. The number of rotatable bonds is 4. The maximum atomic E-state index is 11.4. The lowest BCUT2D eigenvalue weighted by molar-refractivity contribution is 0.0526. The van der Waals surface area contributed by atoms with E-state index in [0.29, 0.717) is 23.6 Å². The summed E-state index contributed by atoms with van der Waals surface area (Å²) < 4.78 is 4.89. The molecule has 0 bridgehead atoms. The molecule has 1 aromatic rings. The van der Waals surface area contributed by atoms with Gasteiger partial charge >= 0.3 is 5.97 Å². The minimum absolute atomic E-state index is 0.306. The van der Waals surface area contributed by atoms with Crippen molar-refractivity contribution in [1.29, 1.82) is 0 Å². The minimum Gasteiger partial charge on any atom is -0.462 e. The molecule has 0 saturated carbocycles. The van der Waals surface area contributed by atoms with Crippen LogP contribution in [0.2, 0.25) is 0 Å². The van der Waals surface area contributed by atoms with Crippen LogP contribution in [0.15, 0.2) is 35.9 Å². The van der Waals surface area contributed by atoms with E-state index in [4.69, 9.17) is 16.3 Å². The topological polar surface area (TPSA) is 26.3 Å². The molecule has 0 aliphatic heterocycles. The Morgan fingerprint density at radius 2 is 2.27 bits per heavy atom. The molecule has 15 heavy (non-hydrogen) atoms. The van der Waals surface area contributed by atoms with Crippen LogP contribution in [0.5, 0.6) is 0 Å². The van der Waals surface area contributed by atoms with Gasteiger partial charge in [0, 0.05) is 11.5 Å². The first-order valence-electron chi connectivity index (χ1n) is 4.73. The molecule has 0 N–H and O–H groups in total. The second kappa shape index (κ2) is 5.56. The molecule has 80 valence electrons. The van der Waals surface area contributed by atoms with E-state index in [1.54, 1.807) is 25.1 Å². The fourth-order valence-corrected chi connectivity index (χ4v) is 1.40. The molecule has 0 aliphatic rings. The Kier molecular flexibility index (Phi) is 4.37. The standard InChI is InChI=1S/C12H13ClO2/c1-3-15-12(14)11-6-4-5-10(8-11)7-9(2)13/h4-6,8H,2-3,7H2,1H3. The van der Waals surface area contributed by atoms with Gasteiger partial charge in [0.25, 0.3) is 0 Å². The molecule has 1 aromatic carbocycles. The van der Waals surface area contributed by atoms with Crippen LogP contribution in [0, 0.1) is 0 Å². The Balaban J connectivity index is 2.82. The van der Waals surface area contributed by atoms with Gasteiger partial charge in [-0.25, -0.2) is 4.79 Å². The number of hydrogen-bond donors (Lipinski definition) is 0. The van der Waals surface area contributed by atoms with Crippen LogP contribution >= 0.6 is 11.6 Å². The fourth-order valence-electron chi connectivity index (χ4n) is 1.24. The molecular formula is C12H13ClO2. The molecule has 0 amide bonds. The van der Waals surface area contributed by atoms with Crippen molar-refractivity contribution in [3.63, 3.8) is 0 Å². The lowest BCUT2D eigenvalue weighted by Gasteiger charge is -2.04. The Labute approximate surface area is 94.5 Å². The summed E-state index contributed by atoms with van der Waals surface area (Å²) in [5, 5.41) is 0.552. The lowest BCUT2D eigenvalue weighted by atomic mass is 10.1. The first-order valence-corrected chi connectivity index (χ1v) is 5.10. The molecule has 0 unspecified atom stereocenters. The van der Waals surface area contributed by atoms with Crippen LogP contribution in [0.4, 0.5) is 0 Å². The maximum absolute atomic E-state index is 11.4.